The minimum atomic E-state index is -0.465. The number of benzene rings is 1. The molecule has 0 radical (unpaired) electrons. The Morgan fingerprint density at radius 1 is 1.47 bits per heavy atom. The van der Waals surface area contributed by atoms with Gasteiger partial charge in [-0.1, -0.05) is 6.07 Å². The topological polar surface area (TPSA) is 94.6 Å². The van der Waals surface area contributed by atoms with Crippen molar-refractivity contribution in [1.82, 2.24) is 5.32 Å². The zero-order valence-corrected chi connectivity index (χ0v) is 10.4. The molecule has 1 heterocycles. The third-order valence-electron chi connectivity index (χ3n) is 2.59. The van der Waals surface area contributed by atoms with Crippen LogP contribution in [0.5, 0.6) is 5.75 Å². The lowest BCUT2D eigenvalue weighted by Crippen LogP contribution is -2.29. The molecule has 6 heteroatoms. The van der Waals surface area contributed by atoms with Gasteiger partial charge in [-0.05, 0) is 12.1 Å². The number of methoxy groups -OCH3 is 1. The number of fused-ring (bicyclic) bond motifs is 1. The van der Waals surface area contributed by atoms with Crippen LogP contribution in [0.2, 0.25) is 0 Å². The van der Waals surface area contributed by atoms with Crippen LogP contribution in [0.3, 0.4) is 0 Å². The number of carbonyl (C=O) groups excluding carboxylic acids is 1. The molecule has 1 aromatic heterocycles. The predicted molar refractivity (Wildman–Crippen MR) is 70.4 cm³/mol. The third-order valence-corrected chi connectivity index (χ3v) is 2.59. The molecule has 0 fully saturated rings. The highest BCUT2D eigenvalue weighted by Crippen LogP contribution is 2.22. The van der Waals surface area contributed by atoms with Crippen LogP contribution >= 0.6 is 0 Å². The van der Waals surface area contributed by atoms with Crippen molar-refractivity contribution in [2.45, 2.75) is 0 Å². The van der Waals surface area contributed by atoms with Gasteiger partial charge >= 0.3 is 0 Å². The molecule has 0 bridgehead atoms. The molecule has 100 valence electrons. The second-order valence-corrected chi connectivity index (χ2v) is 3.85. The van der Waals surface area contributed by atoms with Gasteiger partial charge in [0.05, 0.1) is 7.11 Å². The molecule has 0 saturated carbocycles. The molecule has 0 spiro atoms. The van der Waals surface area contributed by atoms with Crippen LogP contribution < -0.4 is 21.2 Å². The number of rotatable bonds is 4. The summed E-state index contributed by atoms with van der Waals surface area (Å²) in [5.74, 6) is -0.0911. The van der Waals surface area contributed by atoms with Crippen LogP contribution in [-0.4, -0.2) is 26.1 Å². The summed E-state index contributed by atoms with van der Waals surface area (Å²) in [6.45, 7) is 0.635. The first-order valence-corrected chi connectivity index (χ1v) is 5.76. The van der Waals surface area contributed by atoms with Crippen molar-refractivity contribution >= 4 is 16.9 Å². The second kappa shape index (κ2) is 5.53. The van der Waals surface area contributed by atoms with E-state index in [1.807, 2.05) is 0 Å². The molecule has 0 aliphatic carbocycles. The number of nitrogens with two attached hydrogens (primary N) is 1. The standard InChI is InChI=1S/C13H14N2O4/c1-18-9-3-2-4-10-12(9)8(16)7-11(19-10)13(17)15-6-5-14/h2-4,7H,5-6,14H2,1H3,(H,15,17). The van der Waals surface area contributed by atoms with E-state index in [1.165, 1.54) is 7.11 Å². The lowest BCUT2D eigenvalue weighted by Gasteiger charge is -2.06. The predicted octanol–water partition coefficient (Wildman–Crippen LogP) is 0.490. The summed E-state index contributed by atoms with van der Waals surface area (Å²) in [6, 6.07) is 6.11. The van der Waals surface area contributed by atoms with Gasteiger partial charge < -0.3 is 20.2 Å². The summed E-state index contributed by atoms with van der Waals surface area (Å²) in [7, 11) is 1.47. The maximum atomic E-state index is 12.0. The molecule has 0 aliphatic heterocycles. The van der Waals surface area contributed by atoms with Crippen LogP contribution in [0, 0.1) is 0 Å². The van der Waals surface area contributed by atoms with E-state index < -0.39 is 5.91 Å². The Bertz CT molecular complexity index is 663. The number of hydrogen-bond donors (Lipinski definition) is 2. The van der Waals surface area contributed by atoms with Crippen molar-refractivity contribution in [2.24, 2.45) is 5.73 Å². The van der Waals surface area contributed by atoms with Crippen LogP contribution in [0.25, 0.3) is 11.0 Å². The van der Waals surface area contributed by atoms with Crippen molar-refractivity contribution in [2.75, 3.05) is 20.2 Å². The Kier molecular flexibility index (Phi) is 3.82. The van der Waals surface area contributed by atoms with Gasteiger partial charge in [-0.2, -0.15) is 0 Å². The Morgan fingerprint density at radius 2 is 2.26 bits per heavy atom. The minimum Gasteiger partial charge on any atom is -0.496 e. The van der Waals surface area contributed by atoms with Gasteiger partial charge in [-0.3, -0.25) is 9.59 Å². The molecule has 1 aromatic carbocycles. The fourth-order valence-electron chi connectivity index (χ4n) is 1.73. The van der Waals surface area contributed by atoms with E-state index in [0.29, 0.717) is 29.8 Å². The zero-order valence-electron chi connectivity index (χ0n) is 10.4. The van der Waals surface area contributed by atoms with Gasteiger partial charge in [0, 0.05) is 19.2 Å². The molecule has 1 amide bonds. The number of ether oxygens (including phenoxy) is 1. The molecule has 19 heavy (non-hydrogen) atoms. The summed E-state index contributed by atoms with van der Waals surface area (Å²) < 4.78 is 10.5. The highest BCUT2D eigenvalue weighted by atomic mass is 16.5. The third kappa shape index (κ3) is 2.58. The smallest absolute Gasteiger partial charge is 0.287 e. The van der Waals surface area contributed by atoms with Gasteiger partial charge in [-0.15, -0.1) is 0 Å². The van der Waals surface area contributed by atoms with E-state index >= 15 is 0 Å². The van der Waals surface area contributed by atoms with E-state index in [2.05, 4.69) is 5.32 Å². The molecule has 0 unspecified atom stereocenters. The highest BCUT2D eigenvalue weighted by molar-refractivity contribution is 5.94. The normalized spacial score (nSPS) is 10.4. The van der Waals surface area contributed by atoms with E-state index in [4.69, 9.17) is 14.9 Å². The Morgan fingerprint density at radius 3 is 2.95 bits per heavy atom. The average Bonchev–Trinajstić information content (AvgIpc) is 2.43. The van der Waals surface area contributed by atoms with Gasteiger partial charge in [0.25, 0.3) is 5.91 Å². The summed E-state index contributed by atoms with van der Waals surface area (Å²) in [4.78, 5) is 23.7. The fraction of sp³-hybridized carbons (Fsp3) is 0.231. The first-order chi connectivity index (χ1) is 9.17. The summed E-state index contributed by atoms with van der Waals surface area (Å²) >= 11 is 0. The second-order valence-electron chi connectivity index (χ2n) is 3.85. The molecule has 0 atom stereocenters. The number of hydrogen-bond acceptors (Lipinski definition) is 5. The van der Waals surface area contributed by atoms with Crippen molar-refractivity contribution in [3.8, 4) is 5.75 Å². The Balaban J connectivity index is 2.51. The summed E-state index contributed by atoms with van der Waals surface area (Å²) in [6.07, 6.45) is 0. The molecule has 6 nitrogen and oxygen atoms in total. The molecule has 0 saturated heterocycles. The molecule has 3 N–H and O–H groups in total. The first kappa shape index (κ1) is 13.1. The van der Waals surface area contributed by atoms with Gasteiger partial charge in [0.2, 0.25) is 0 Å². The van der Waals surface area contributed by atoms with Crippen LogP contribution in [0.1, 0.15) is 10.6 Å². The van der Waals surface area contributed by atoms with Gasteiger partial charge in [-0.25, -0.2) is 0 Å². The lowest BCUT2D eigenvalue weighted by atomic mass is 10.2. The van der Waals surface area contributed by atoms with Crippen LogP contribution in [0.4, 0.5) is 0 Å². The quantitative estimate of drug-likeness (QED) is 0.836. The Hall–Kier alpha value is -2.34. The maximum Gasteiger partial charge on any atom is 0.287 e. The van der Waals surface area contributed by atoms with Crippen LogP contribution in [0.15, 0.2) is 33.5 Å². The largest absolute Gasteiger partial charge is 0.496 e. The molecular weight excluding hydrogens is 248 g/mol. The molecule has 2 rings (SSSR count). The van der Waals surface area contributed by atoms with Gasteiger partial charge in [0.15, 0.2) is 11.2 Å². The molecular formula is C13H14N2O4. The lowest BCUT2D eigenvalue weighted by molar-refractivity contribution is 0.0927. The zero-order chi connectivity index (χ0) is 13.8. The van der Waals surface area contributed by atoms with Crippen molar-refractivity contribution in [3.05, 3.63) is 40.2 Å². The molecule has 2 aromatic rings. The Labute approximate surface area is 109 Å². The van der Waals surface area contributed by atoms with Gasteiger partial charge in [0.1, 0.15) is 16.7 Å². The van der Waals surface area contributed by atoms with E-state index in [-0.39, 0.29) is 11.2 Å². The minimum absolute atomic E-state index is 0.0424. The number of nitrogens with one attached hydrogen (secondary N) is 1. The summed E-state index contributed by atoms with van der Waals surface area (Å²) in [5.41, 5.74) is 5.28. The van der Waals surface area contributed by atoms with Crippen molar-refractivity contribution < 1.29 is 13.9 Å². The fourth-order valence-corrected chi connectivity index (χ4v) is 1.73. The average molecular weight is 262 g/mol. The van der Waals surface area contributed by atoms with E-state index in [1.54, 1.807) is 18.2 Å². The van der Waals surface area contributed by atoms with E-state index in [0.717, 1.165) is 6.07 Å². The number of carbonyl (C=O) groups is 1. The number of amides is 1. The SMILES string of the molecule is COc1cccc2oc(C(=O)NCCN)cc(=O)c12. The highest BCUT2D eigenvalue weighted by Gasteiger charge is 2.14. The molecule has 0 aliphatic rings. The van der Waals surface area contributed by atoms with Crippen molar-refractivity contribution in [3.63, 3.8) is 0 Å². The maximum absolute atomic E-state index is 12.0. The van der Waals surface area contributed by atoms with Crippen molar-refractivity contribution in [1.29, 1.82) is 0 Å². The van der Waals surface area contributed by atoms with Crippen LogP contribution in [-0.2, 0) is 0 Å². The summed E-state index contributed by atoms with van der Waals surface area (Å²) in [5, 5.41) is 2.86. The monoisotopic (exact) mass is 262 g/mol. The first-order valence-electron chi connectivity index (χ1n) is 5.76. The van der Waals surface area contributed by atoms with E-state index in [9.17, 15) is 9.59 Å².